The molecule has 0 radical (unpaired) electrons. The molecule has 0 saturated heterocycles. The highest BCUT2D eigenvalue weighted by Gasteiger charge is 2.30. The van der Waals surface area contributed by atoms with Crippen LogP contribution in [0.5, 0.6) is 11.5 Å². The van der Waals surface area contributed by atoms with Gasteiger partial charge in [0.25, 0.3) is 0 Å². The first-order valence-electron chi connectivity index (χ1n) is 7.00. The zero-order valence-electron chi connectivity index (χ0n) is 12.6. The smallest absolute Gasteiger partial charge is 0.496 e. The lowest BCUT2D eigenvalue weighted by Crippen LogP contribution is -2.16. The number of hydrogen-bond donors (Lipinski definition) is 1. The van der Waals surface area contributed by atoms with Crippen LogP contribution in [0.2, 0.25) is 0 Å². The van der Waals surface area contributed by atoms with Crippen molar-refractivity contribution in [1.29, 1.82) is 0 Å². The molecule has 0 aliphatic rings. The van der Waals surface area contributed by atoms with Crippen molar-refractivity contribution in [3.05, 3.63) is 54.7 Å². The molecule has 124 valence electrons. The summed E-state index contributed by atoms with van der Waals surface area (Å²) in [6.45, 7) is 0. The fourth-order valence-corrected chi connectivity index (χ4v) is 2.28. The maximum Gasteiger partial charge on any atom is 0.573 e. The lowest BCUT2D eigenvalue weighted by molar-refractivity contribution is -0.274. The summed E-state index contributed by atoms with van der Waals surface area (Å²) in [7, 11) is 1.59. The Bertz CT molecular complexity index is 849. The average molecular weight is 334 g/mol. The van der Waals surface area contributed by atoms with E-state index in [1.54, 1.807) is 19.4 Å². The quantitative estimate of drug-likeness (QED) is 0.738. The molecule has 1 heterocycles. The minimum atomic E-state index is -4.70. The van der Waals surface area contributed by atoms with Gasteiger partial charge in [0.2, 0.25) is 0 Å². The van der Waals surface area contributed by atoms with Gasteiger partial charge in [-0.25, -0.2) is 0 Å². The third-order valence-electron chi connectivity index (χ3n) is 3.30. The van der Waals surface area contributed by atoms with Gasteiger partial charge >= 0.3 is 6.36 Å². The Balaban J connectivity index is 1.80. The first-order valence-corrected chi connectivity index (χ1v) is 7.00. The topological polar surface area (TPSA) is 43.4 Å². The fourth-order valence-electron chi connectivity index (χ4n) is 2.28. The number of rotatable bonds is 4. The van der Waals surface area contributed by atoms with Crippen molar-refractivity contribution in [1.82, 2.24) is 4.98 Å². The molecule has 0 atom stereocenters. The van der Waals surface area contributed by atoms with E-state index in [2.05, 4.69) is 15.0 Å². The number of aromatic nitrogens is 1. The van der Waals surface area contributed by atoms with Gasteiger partial charge in [-0.3, -0.25) is 4.98 Å². The first kappa shape index (κ1) is 15.9. The second-order valence-electron chi connectivity index (χ2n) is 4.94. The highest BCUT2D eigenvalue weighted by Crippen LogP contribution is 2.28. The van der Waals surface area contributed by atoms with Gasteiger partial charge in [0.05, 0.1) is 12.6 Å². The van der Waals surface area contributed by atoms with Crippen LogP contribution in [0.25, 0.3) is 10.9 Å². The van der Waals surface area contributed by atoms with Gasteiger partial charge in [-0.1, -0.05) is 0 Å². The number of nitrogens with one attached hydrogen (secondary N) is 1. The zero-order chi connectivity index (χ0) is 17.2. The van der Waals surface area contributed by atoms with Crippen molar-refractivity contribution < 1.29 is 22.6 Å². The highest BCUT2D eigenvalue weighted by atomic mass is 19.4. The predicted octanol–water partition coefficient (Wildman–Crippen LogP) is 4.89. The minimum Gasteiger partial charge on any atom is -0.496 e. The van der Waals surface area contributed by atoms with Gasteiger partial charge in [-0.2, -0.15) is 0 Å². The zero-order valence-corrected chi connectivity index (χ0v) is 12.6. The highest BCUT2D eigenvalue weighted by molar-refractivity contribution is 5.88. The van der Waals surface area contributed by atoms with Crippen LogP contribution >= 0.6 is 0 Å². The number of methoxy groups -OCH3 is 1. The van der Waals surface area contributed by atoms with Crippen molar-refractivity contribution in [2.45, 2.75) is 6.36 Å². The van der Waals surface area contributed by atoms with Crippen LogP contribution < -0.4 is 14.8 Å². The second kappa shape index (κ2) is 6.27. The molecule has 0 spiro atoms. The van der Waals surface area contributed by atoms with Crippen molar-refractivity contribution in [2.75, 3.05) is 12.4 Å². The van der Waals surface area contributed by atoms with E-state index in [-0.39, 0.29) is 5.75 Å². The second-order valence-corrected chi connectivity index (χ2v) is 4.94. The van der Waals surface area contributed by atoms with Crippen molar-refractivity contribution in [3.8, 4) is 11.5 Å². The summed E-state index contributed by atoms with van der Waals surface area (Å²) in [5.74, 6) is 0.457. The van der Waals surface area contributed by atoms with Crippen LogP contribution in [-0.4, -0.2) is 18.5 Å². The first-order chi connectivity index (χ1) is 11.4. The van der Waals surface area contributed by atoms with Crippen LogP contribution in [-0.2, 0) is 0 Å². The van der Waals surface area contributed by atoms with Crippen molar-refractivity contribution in [2.24, 2.45) is 0 Å². The Morgan fingerprint density at radius 2 is 1.67 bits per heavy atom. The third kappa shape index (κ3) is 3.68. The van der Waals surface area contributed by atoms with E-state index in [9.17, 15) is 13.2 Å². The average Bonchev–Trinajstić information content (AvgIpc) is 2.54. The van der Waals surface area contributed by atoms with E-state index in [0.717, 1.165) is 22.3 Å². The van der Waals surface area contributed by atoms with Gasteiger partial charge in [-0.15, -0.1) is 13.2 Å². The van der Waals surface area contributed by atoms with E-state index >= 15 is 0 Å². The number of pyridine rings is 1. The number of benzene rings is 2. The largest absolute Gasteiger partial charge is 0.573 e. The molecule has 0 bridgehead atoms. The van der Waals surface area contributed by atoms with Gasteiger partial charge in [-0.05, 0) is 48.5 Å². The SMILES string of the molecule is COc1ccnc2cc(Nc3ccc(OC(F)(F)F)cc3)ccc12. The fraction of sp³-hybridized carbons (Fsp3) is 0.118. The molecule has 2 aromatic carbocycles. The molecule has 0 fully saturated rings. The van der Waals surface area contributed by atoms with Crippen molar-refractivity contribution in [3.63, 3.8) is 0 Å². The standard InChI is InChI=1S/C17H13F3N2O2/c1-23-16-8-9-21-15-10-12(4-7-14(15)16)22-11-2-5-13(6-3-11)24-17(18,19)20/h2-10,22H,1H3. The Kier molecular flexibility index (Phi) is 4.16. The molecule has 24 heavy (non-hydrogen) atoms. The normalized spacial score (nSPS) is 11.3. The molecular weight excluding hydrogens is 321 g/mol. The number of halogens is 3. The summed E-state index contributed by atoms with van der Waals surface area (Å²) < 4.78 is 45.5. The molecule has 1 aromatic heterocycles. The van der Waals surface area contributed by atoms with E-state index < -0.39 is 6.36 Å². The molecule has 0 saturated carbocycles. The molecule has 0 aliphatic heterocycles. The number of anilines is 2. The molecule has 3 aromatic rings. The molecule has 4 nitrogen and oxygen atoms in total. The van der Waals surface area contributed by atoms with Gasteiger partial charge in [0.15, 0.2) is 0 Å². The van der Waals surface area contributed by atoms with E-state index in [4.69, 9.17) is 4.74 Å². The van der Waals surface area contributed by atoms with Crippen LogP contribution in [0.1, 0.15) is 0 Å². The lowest BCUT2D eigenvalue weighted by atomic mass is 10.2. The van der Waals surface area contributed by atoms with E-state index in [1.165, 1.54) is 24.3 Å². The maximum atomic E-state index is 12.1. The summed E-state index contributed by atoms with van der Waals surface area (Å²) in [4.78, 5) is 4.28. The number of ether oxygens (including phenoxy) is 2. The van der Waals surface area contributed by atoms with Crippen LogP contribution in [0.15, 0.2) is 54.7 Å². The summed E-state index contributed by atoms with van der Waals surface area (Å²) in [6.07, 6.45) is -3.05. The monoisotopic (exact) mass is 334 g/mol. The Morgan fingerprint density at radius 3 is 2.33 bits per heavy atom. The lowest BCUT2D eigenvalue weighted by Gasteiger charge is -2.11. The molecule has 1 N–H and O–H groups in total. The molecule has 3 rings (SSSR count). The summed E-state index contributed by atoms with van der Waals surface area (Å²) in [5, 5.41) is 3.98. The van der Waals surface area contributed by atoms with Gasteiger partial charge < -0.3 is 14.8 Å². The van der Waals surface area contributed by atoms with E-state index in [1.807, 2.05) is 18.2 Å². The number of fused-ring (bicyclic) bond motifs is 1. The summed E-state index contributed by atoms with van der Waals surface area (Å²) in [5.41, 5.74) is 2.14. The van der Waals surface area contributed by atoms with Crippen LogP contribution in [0, 0.1) is 0 Å². The maximum absolute atomic E-state index is 12.1. The third-order valence-corrected chi connectivity index (χ3v) is 3.30. The predicted molar refractivity (Wildman–Crippen MR) is 84.7 cm³/mol. The Labute approximate surface area is 135 Å². The van der Waals surface area contributed by atoms with Gasteiger partial charge in [0, 0.05) is 23.0 Å². The molecule has 0 aliphatic carbocycles. The van der Waals surface area contributed by atoms with Crippen molar-refractivity contribution >= 4 is 22.3 Å². The Morgan fingerprint density at radius 1 is 0.958 bits per heavy atom. The van der Waals surface area contributed by atoms with E-state index in [0.29, 0.717) is 5.69 Å². The molecule has 7 heteroatoms. The summed E-state index contributed by atoms with van der Waals surface area (Å²) >= 11 is 0. The molecular formula is C17H13F3N2O2. The number of hydrogen-bond acceptors (Lipinski definition) is 4. The number of nitrogens with zero attached hydrogens (tertiary/aromatic N) is 1. The Hall–Kier alpha value is -2.96. The van der Waals surface area contributed by atoms with Crippen LogP contribution in [0.3, 0.4) is 0 Å². The molecule has 0 unspecified atom stereocenters. The minimum absolute atomic E-state index is 0.266. The number of alkyl halides is 3. The molecule has 0 amide bonds. The van der Waals surface area contributed by atoms with Crippen LogP contribution in [0.4, 0.5) is 24.5 Å². The van der Waals surface area contributed by atoms with Gasteiger partial charge in [0.1, 0.15) is 11.5 Å². The summed E-state index contributed by atoms with van der Waals surface area (Å²) in [6, 6.07) is 12.8.